The molecule has 0 aliphatic heterocycles. The Morgan fingerprint density at radius 3 is 1.65 bits per heavy atom. The van der Waals surface area contributed by atoms with Gasteiger partial charge in [-0.2, -0.15) is 0 Å². The molecule has 0 saturated heterocycles. The van der Waals surface area contributed by atoms with Crippen molar-refractivity contribution < 1.29 is 0 Å². The first-order chi connectivity index (χ1) is 29.8. The Labute approximate surface area is 350 Å². The normalized spacial score (nSPS) is 11.3. The molecule has 10 aromatic carbocycles. The number of anilines is 3. The minimum atomic E-state index is 1.09. The van der Waals surface area contributed by atoms with Crippen molar-refractivity contribution in [2.75, 3.05) is 4.90 Å². The number of rotatable bonds is 8. The third kappa shape index (κ3) is 6.14. The van der Waals surface area contributed by atoms with E-state index in [1.807, 2.05) is 0 Å². The fraction of sp³-hybridized carbons (Fsp3) is 0. The summed E-state index contributed by atoms with van der Waals surface area (Å²) in [7, 11) is 0. The van der Waals surface area contributed by atoms with Crippen LogP contribution >= 0.6 is 0 Å². The van der Waals surface area contributed by atoms with Crippen molar-refractivity contribution >= 4 is 49.6 Å². The van der Waals surface area contributed by atoms with Gasteiger partial charge in [0.05, 0.1) is 16.7 Å². The minimum absolute atomic E-state index is 1.09. The molecule has 0 bridgehead atoms. The lowest BCUT2D eigenvalue weighted by Crippen LogP contribution is -2.11. The van der Waals surface area contributed by atoms with Crippen molar-refractivity contribution in [1.82, 2.24) is 4.57 Å². The quantitative estimate of drug-likeness (QED) is 0.150. The molecule has 0 saturated carbocycles. The Morgan fingerprint density at radius 1 is 0.317 bits per heavy atom. The molecule has 2 heteroatoms. The summed E-state index contributed by atoms with van der Waals surface area (Å²) in [6, 6.07) is 87.8. The number of nitrogens with zero attached hydrogens (tertiary/aromatic N) is 2. The Bertz CT molecular complexity index is 3290. The van der Waals surface area contributed by atoms with E-state index in [1.165, 1.54) is 71.5 Å². The summed E-state index contributed by atoms with van der Waals surface area (Å²) >= 11 is 0. The summed E-state index contributed by atoms with van der Waals surface area (Å²) in [6.45, 7) is 0. The lowest BCUT2D eigenvalue weighted by atomic mass is 9.96. The van der Waals surface area contributed by atoms with Crippen molar-refractivity contribution in [2.45, 2.75) is 0 Å². The molecule has 11 aromatic rings. The van der Waals surface area contributed by atoms with E-state index < -0.39 is 0 Å². The number of hydrogen-bond acceptors (Lipinski definition) is 1. The van der Waals surface area contributed by atoms with Crippen LogP contribution in [0.3, 0.4) is 0 Å². The summed E-state index contributed by atoms with van der Waals surface area (Å²) in [5.41, 5.74) is 16.4. The van der Waals surface area contributed by atoms with Gasteiger partial charge in [0.2, 0.25) is 0 Å². The number of hydrogen-bond donors (Lipinski definition) is 0. The summed E-state index contributed by atoms with van der Waals surface area (Å²) in [5, 5.41) is 4.96. The molecule has 0 radical (unpaired) electrons. The molecule has 2 nitrogen and oxygen atoms in total. The van der Waals surface area contributed by atoms with E-state index >= 15 is 0 Å². The SMILES string of the molecule is c1ccc(-c2ccccc2N(c2ccc(-c3cccc4ccccc34)cc2)c2cccc(-c3cccc4c3c3cccc(-c5ccccc5)c3n4-c3ccccc3)c2)cc1. The van der Waals surface area contributed by atoms with Gasteiger partial charge >= 0.3 is 0 Å². The topological polar surface area (TPSA) is 8.17 Å². The largest absolute Gasteiger partial charge is 0.310 e. The van der Waals surface area contributed by atoms with Gasteiger partial charge in [-0.05, 0) is 92.7 Å². The standard InChI is InChI=1S/C58H40N2/c1-4-18-42(19-5-1)51-29-12-13-34-55(51)59(47-38-36-44(37-39-47)50-30-15-23-41-22-10-11-28-49(41)50)48-27-14-24-45(40-48)52-31-17-35-56-57(52)54-33-16-32-53(43-20-6-2-7-21-43)58(54)60(56)46-25-8-3-9-26-46/h1-40H. The van der Waals surface area contributed by atoms with E-state index in [1.54, 1.807) is 0 Å². The molecule has 1 heterocycles. The zero-order valence-electron chi connectivity index (χ0n) is 33.0. The number of fused-ring (bicyclic) bond motifs is 4. The summed E-state index contributed by atoms with van der Waals surface area (Å²) < 4.78 is 2.44. The van der Waals surface area contributed by atoms with E-state index in [0.717, 1.165) is 28.3 Å². The van der Waals surface area contributed by atoms with Crippen LogP contribution < -0.4 is 4.90 Å². The summed E-state index contributed by atoms with van der Waals surface area (Å²) in [4.78, 5) is 2.42. The maximum Gasteiger partial charge on any atom is 0.0619 e. The van der Waals surface area contributed by atoms with E-state index in [-0.39, 0.29) is 0 Å². The fourth-order valence-corrected chi connectivity index (χ4v) is 9.09. The number of benzene rings is 10. The van der Waals surface area contributed by atoms with Gasteiger partial charge in [-0.3, -0.25) is 0 Å². The highest BCUT2D eigenvalue weighted by Crippen LogP contribution is 2.45. The van der Waals surface area contributed by atoms with Crippen LogP contribution in [0.5, 0.6) is 0 Å². The molecule has 0 amide bonds. The van der Waals surface area contributed by atoms with Crippen LogP contribution in [-0.2, 0) is 0 Å². The van der Waals surface area contributed by atoms with Gasteiger partial charge in [-0.15, -0.1) is 0 Å². The second-order valence-electron chi connectivity index (χ2n) is 15.3. The molecular formula is C58H40N2. The first kappa shape index (κ1) is 35.2. The highest BCUT2D eigenvalue weighted by Gasteiger charge is 2.22. The summed E-state index contributed by atoms with van der Waals surface area (Å²) in [5.74, 6) is 0. The molecule has 0 atom stereocenters. The van der Waals surface area contributed by atoms with Crippen molar-refractivity contribution in [3.05, 3.63) is 243 Å². The van der Waals surface area contributed by atoms with Crippen molar-refractivity contribution in [3.63, 3.8) is 0 Å². The fourth-order valence-electron chi connectivity index (χ4n) is 9.09. The van der Waals surface area contributed by atoms with Gasteiger partial charge in [0, 0.05) is 39.0 Å². The average Bonchev–Trinajstić information content (AvgIpc) is 3.68. The highest BCUT2D eigenvalue weighted by atomic mass is 15.1. The van der Waals surface area contributed by atoms with Crippen molar-refractivity contribution in [1.29, 1.82) is 0 Å². The van der Waals surface area contributed by atoms with E-state index in [0.29, 0.717) is 0 Å². The molecule has 0 aliphatic carbocycles. The lowest BCUT2D eigenvalue weighted by molar-refractivity contribution is 1.18. The van der Waals surface area contributed by atoms with Crippen LogP contribution in [-0.4, -0.2) is 4.57 Å². The van der Waals surface area contributed by atoms with Crippen LogP contribution in [0.4, 0.5) is 17.1 Å². The minimum Gasteiger partial charge on any atom is -0.310 e. The maximum absolute atomic E-state index is 2.44. The first-order valence-corrected chi connectivity index (χ1v) is 20.6. The Morgan fingerprint density at radius 2 is 0.850 bits per heavy atom. The van der Waals surface area contributed by atoms with E-state index in [2.05, 4.69) is 252 Å². The van der Waals surface area contributed by atoms with Crippen LogP contribution in [0.25, 0.3) is 82.8 Å². The molecule has 0 N–H and O–H groups in total. The third-order valence-corrected chi connectivity index (χ3v) is 11.8. The monoisotopic (exact) mass is 764 g/mol. The predicted molar refractivity (Wildman–Crippen MR) is 255 cm³/mol. The number of aromatic nitrogens is 1. The average molecular weight is 765 g/mol. The smallest absolute Gasteiger partial charge is 0.0619 e. The second-order valence-corrected chi connectivity index (χ2v) is 15.3. The molecule has 11 rings (SSSR count). The Balaban J connectivity index is 1.12. The molecule has 0 aliphatic rings. The van der Waals surface area contributed by atoms with Gasteiger partial charge in [-0.1, -0.05) is 194 Å². The van der Waals surface area contributed by atoms with Gasteiger partial charge in [0.25, 0.3) is 0 Å². The lowest BCUT2D eigenvalue weighted by Gasteiger charge is -2.28. The van der Waals surface area contributed by atoms with E-state index in [4.69, 9.17) is 0 Å². The van der Waals surface area contributed by atoms with Gasteiger partial charge in [-0.25, -0.2) is 0 Å². The zero-order valence-corrected chi connectivity index (χ0v) is 33.0. The van der Waals surface area contributed by atoms with Gasteiger partial charge in [0.1, 0.15) is 0 Å². The van der Waals surface area contributed by atoms with Crippen molar-refractivity contribution in [2.24, 2.45) is 0 Å². The molecular weight excluding hydrogens is 725 g/mol. The Hall–Kier alpha value is -7.94. The predicted octanol–water partition coefficient (Wildman–Crippen LogP) is 16.1. The van der Waals surface area contributed by atoms with Gasteiger partial charge < -0.3 is 9.47 Å². The highest BCUT2D eigenvalue weighted by molar-refractivity contribution is 6.19. The maximum atomic E-state index is 2.44. The van der Waals surface area contributed by atoms with Crippen LogP contribution in [0, 0.1) is 0 Å². The molecule has 1 aromatic heterocycles. The van der Waals surface area contributed by atoms with Crippen LogP contribution in [0.1, 0.15) is 0 Å². The van der Waals surface area contributed by atoms with Crippen LogP contribution in [0.15, 0.2) is 243 Å². The molecule has 282 valence electrons. The third-order valence-electron chi connectivity index (χ3n) is 11.8. The summed E-state index contributed by atoms with van der Waals surface area (Å²) in [6.07, 6.45) is 0. The van der Waals surface area contributed by atoms with Crippen LogP contribution in [0.2, 0.25) is 0 Å². The molecule has 0 unspecified atom stereocenters. The molecule has 60 heavy (non-hydrogen) atoms. The zero-order chi connectivity index (χ0) is 39.8. The molecule has 0 spiro atoms. The Kier molecular flexibility index (Phi) is 8.87. The van der Waals surface area contributed by atoms with E-state index in [9.17, 15) is 0 Å². The molecule has 0 fully saturated rings. The van der Waals surface area contributed by atoms with Gasteiger partial charge in [0.15, 0.2) is 0 Å². The second kappa shape index (κ2) is 15.1. The van der Waals surface area contributed by atoms with Crippen molar-refractivity contribution in [3.8, 4) is 50.2 Å². The number of para-hydroxylation sites is 3. The first-order valence-electron chi connectivity index (χ1n) is 20.6.